The highest BCUT2D eigenvalue weighted by atomic mass is 16.6. The molecule has 0 fully saturated rings. The Kier molecular flexibility index (Phi) is 5.89. The van der Waals surface area contributed by atoms with Crippen LogP contribution in [0.1, 0.15) is 22.8 Å². The number of cyclic esters (lactones) is 1. The van der Waals surface area contributed by atoms with Crippen molar-refractivity contribution in [3.8, 4) is 5.75 Å². The molecule has 0 N–H and O–H groups in total. The average molecular weight is 426 g/mol. The zero-order chi connectivity index (χ0) is 22.5. The topological polar surface area (TPSA) is 91.0 Å². The summed E-state index contributed by atoms with van der Waals surface area (Å²) in [6, 6.07) is 22.7. The Balaban J connectivity index is 1.51. The molecule has 3 aromatic rings. The second-order valence-electron chi connectivity index (χ2n) is 6.90. The van der Waals surface area contributed by atoms with E-state index in [0.717, 1.165) is 11.1 Å². The summed E-state index contributed by atoms with van der Waals surface area (Å²) in [5.41, 5.74) is 2.07. The standard InChI is InChI=1S/C25H18N2O5/c1-2-23(18-7-4-3-5-8-18)31-21-13-11-17(12-14-21)15-22-25(28)32-24(26-22)19-9-6-10-20(16-19)27(29)30/h2-16,23H,1H2/b22-15-. The third kappa shape index (κ3) is 4.62. The van der Waals surface area contributed by atoms with Crippen LogP contribution in [0.15, 0.2) is 102 Å². The first-order valence-corrected chi connectivity index (χ1v) is 9.75. The van der Waals surface area contributed by atoms with Gasteiger partial charge in [-0.05, 0) is 41.5 Å². The Bertz CT molecular complexity index is 1230. The molecule has 0 aliphatic carbocycles. The minimum atomic E-state index is -0.623. The van der Waals surface area contributed by atoms with Gasteiger partial charge in [-0.3, -0.25) is 10.1 Å². The van der Waals surface area contributed by atoms with E-state index in [1.54, 1.807) is 42.5 Å². The van der Waals surface area contributed by atoms with Gasteiger partial charge in [0.2, 0.25) is 5.90 Å². The Morgan fingerprint density at radius 1 is 1.03 bits per heavy atom. The summed E-state index contributed by atoms with van der Waals surface area (Å²) in [5.74, 6) is 0.0555. The molecule has 0 aromatic heterocycles. The summed E-state index contributed by atoms with van der Waals surface area (Å²) < 4.78 is 11.2. The molecule has 1 aliphatic rings. The molecular weight excluding hydrogens is 408 g/mol. The van der Waals surface area contributed by atoms with E-state index in [4.69, 9.17) is 9.47 Å². The molecule has 0 bridgehead atoms. The Hall–Kier alpha value is -4.52. The van der Waals surface area contributed by atoms with Gasteiger partial charge < -0.3 is 9.47 Å². The van der Waals surface area contributed by atoms with Crippen LogP contribution in [-0.2, 0) is 9.53 Å². The summed E-state index contributed by atoms with van der Waals surface area (Å²) in [5, 5.41) is 11.0. The highest BCUT2D eigenvalue weighted by molar-refractivity contribution is 6.13. The second-order valence-corrected chi connectivity index (χ2v) is 6.90. The number of non-ortho nitro benzene ring substituents is 1. The van der Waals surface area contributed by atoms with E-state index in [9.17, 15) is 14.9 Å². The quantitative estimate of drug-likeness (QED) is 0.169. The third-order valence-corrected chi connectivity index (χ3v) is 4.71. The lowest BCUT2D eigenvalue weighted by atomic mass is 10.1. The molecule has 0 amide bonds. The summed E-state index contributed by atoms with van der Waals surface area (Å²) in [7, 11) is 0. The van der Waals surface area contributed by atoms with Crippen LogP contribution in [-0.4, -0.2) is 16.8 Å². The van der Waals surface area contributed by atoms with Gasteiger partial charge in [-0.15, -0.1) is 0 Å². The molecule has 1 unspecified atom stereocenters. The average Bonchev–Trinajstić information content (AvgIpc) is 3.19. The Labute approximate surface area is 184 Å². The van der Waals surface area contributed by atoms with Crippen LogP contribution in [0.2, 0.25) is 0 Å². The fourth-order valence-corrected chi connectivity index (χ4v) is 3.13. The van der Waals surface area contributed by atoms with Crippen LogP contribution in [0.4, 0.5) is 5.69 Å². The smallest absolute Gasteiger partial charge is 0.363 e. The number of benzene rings is 3. The van der Waals surface area contributed by atoms with Gasteiger partial charge in [-0.2, -0.15) is 0 Å². The first-order chi connectivity index (χ1) is 15.5. The first kappa shape index (κ1) is 20.7. The van der Waals surface area contributed by atoms with Crippen molar-refractivity contribution in [1.82, 2.24) is 0 Å². The van der Waals surface area contributed by atoms with Crippen molar-refractivity contribution in [3.63, 3.8) is 0 Å². The predicted octanol–water partition coefficient (Wildman–Crippen LogP) is 5.25. The highest BCUT2D eigenvalue weighted by Gasteiger charge is 2.25. The molecule has 0 radical (unpaired) electrons. The van der Waals surface area contributed by atoms with Crippen LogP contribution < -0.4 is 4.74 Å². The molecule has 0 saturated carbocycles. The molecule has 1 heterocycles. The zero-order valence-electron chi connectivity index (χ0n) is 16.9. The number of carbonyl (C=O) groups is 1. The number of aliphatic imine (C=N–C) groups is 1. The van der Waals surface area contributed by atoms with Crippen molar-refractivity contribution in [2.45, 2.75) is 6.10 Å². The summed E-state index contributed by atoms with van der Waals surface area (Å²) in [6.45, 7) is 3.84. The number of hydrogen-bond acceptors (Lipinski definition) is 6. The fraction of sp³-hybridized carbons (Fsp3) is 0.0400. The highest BCUT2D eigenvalue weighted by Crippen LogP contribution is 2.25. The zero-order valence-corrected chi connectivity index (χ0v) is 16.9. The lowest BCUT2D eigenvalue weighted by molar-refractivity contribution is -0.384. The molecule has 0 saturated heterocycles. The summed E-state index contributed by atoms with van der Waals surface area (Å²) in [4.78, 5) is 26.9. The van der Waals surface area contributed by atoms with E-state index in [-0.39, 0.29) is 23.4 Å². The van der Waals surface area contributed by atoms with Gasteiger partial charge in [0, 0.05) is 17.7 Å². The molecule has 158 valence electrons. The van der Waals surface area contributed by atoms with Crippen LogP contribution in [0.25, 0.3) is 6.08 Å². The maximum atomic E-state index is 12.2. The van der Waals surface area contributed by atoms with Crippen LogP contribution >= 0.6 is 0 Å². The van der Waals surface area contributed by atoms with Gasteiger partial charge in [0.15, 0.2) is 5.70 Å². The molecule has 7 nitrogen and oxygen atoms in total. The van der Waals surface area contributed by atoms with E-state index >= 15 is 0 Å². The number of nitro benzene ring substituents is 1. The minimum absolute atomic E-state index is 0.0292. The molecule has 4 rings (SSSR count). The number of rotatable bonds is 7. The Morgan fingerprint density at radius 3 is 2.47 bits per heavy atom. The third-order valence-electron chi connectivity index (χ3n) is 4.71. The predicted molar refractivity (Wildman–Crippen MR) is 120 cm³/mol. The maximum absolute atomic E-state index is 12.2. The van der Waals surface area contributed by atoms with Gasteiger partial charge in [-0.25, -0.2) is 9.79 Å². The van der Waals surface area contributed by atoms with Crippen LogP contribution in [0.5, 0.6) is 5.75 Å². The molecule has 3 aromatic carbocycles. The lowest BCUT2D eigenvalue weighted by Crippen LogP contribution is -2.05. The number of nitro groups is 1. The van der Waals surface area contributed by atoms with Crippen LogP contribution in [0, 0.1) is 10.1 Å². The number of ether oxygens (including phenoxy) is 2. The van der Waals surface area contributed by atoms with E-state index in [2.05, 4.69) is 11.6 Å². The maximum Gasteiger partial charge on any atom is 0.363 e. The molecular formula is C25H18N2O5. The molecule has 1 atom stereocenters. The molecule has 1 aliphatic heterocycles. The summed E-state index contributed by atoms with van der Waals surface area (Å²) in [6.07, 6.45) is 3.02. The van der Waals surface area contributed by atoms with E-state index in [1.165, 1.54) is 18.2 Å². The largest absolute Gasteiger partial charge is 0.482 e. The van der Waals surface area contributed by atoms with E-state index in [0.29, 0.717) is 11.3 Å². The molecule has 32 heavy (non-hydrogen) atoms. The van der Waals surface area contributed by atoms with E-state index < -0.39 is 10.9 Å². The van der Waals surface area contributed by atoms with Gasteiger partial charge in [0.25, 0.3) is 5.69 Å². The van der Waals surface area contributed by atoms with E-state index in [1.807, 2.05) is 30.3 Å². The minimum Gasteiger partial charge on any atom is -0.482 e. The number of carbonyl (C=O) groups excluding carboxylic acids is 1. The Morgan fingerprint density at radius 2 is 1.78 bits per heavy atom. The lowest BCUT2D eigenvalue weighted by Gasteiger charge is -2.16. The number of nitrogens with zero attached hydrogens (tertiary/aromatic N) is 2. The van der Waals surface area contributed by atoms with Gasteiger partial charge >= 0.3 is 5.97 Å². The van der Waals surface area contributed by atoms with Crippen molar-refractivity contribution in [2.75, 3.05) is 0 Å². The van der Waals surface area contributed by atoms with Gasteiger partial charge in [0.1, 0.15) is 11.9 Å². The number of esters is 1. The van der Waals surface area contributed by atoms with Gasteiger partial charge in [-0.1, -0.05) is 55.1 Å². The van der Waals surface area contributed by atoms with Crippen LogP contribution in [0.3, 0.4) is 0 Å². The van der Waals surface area contributed by atoms with Crippen molar-refractivity contribution < 1.29 is 19.2 Å². The van der Waals surface area contributed by atoms with Crippen molar-refractivity contribution >= 4 is 23.6 Å². The van der Waals surface area contributed by atoms with Crippen molar-refractivity contribution in [2.24, 2.45) is 4.99 Å². The summed E-state index contributed by atoms with van der Waals surface area (Å²) >= 11 is 0. The first-order valence-electron chi connectivity index (χ1n) is 9.75. The SMILES string of the molecule is C=CC(Oc1ccc(/C=C2\N=C(c3cccc([N+](=O)[O-])c3)OC2=O)cc1)c1ccccc1. The van der Waals surface area contributed by atoms with Gasteiger partial charge in [0.05, 0.1) is 4.92 Å². The normalized spacial score (nSPS) is 15.1. The second kappa shape index (κ2) is 9.09. The molecule has 0 spiro atoms. The monoisotopic (exact) mass is 426 g/mol. The molecule has 7 heteroatoms. The fourth-order valence-electron chi connectivity index (χ4n) is 3.13. The van der Waals surface area contributed by atoms with Crippen molar-refractivity contribution in [1.29, 1.82) is 0 Å². The van der Waals surface area contributed by atoms with Crippen molar-refractivity contribution in [3.05, 3.63) is 124 Å². The number of hydrogen-bond donors (Lipinski definition) is 0.